The fourth-order valence-corrected chi connectivity index (χ4v) is 2.01. The molecule has 0 aliphatic carbocycles. The number of rotatable bonds is 2. The molecule has 3 aromatic rings. The van der Waals surface area contributed by atoms with Gasteiger partial charge >= 0.3 is 5.76 Å². The summed E-state index contributed by atoms with van der Waals surface area (Å²) >= 11 is 0. The Bertz CT molecular complexity index is 895. The molecule has 0 fully saturated rings. The first-order chi connectivity index (χ1) is 10.1. The molecule has 0 spiro atoms. The van der Waals surface area contributed by atoms with Crippen LogP contribution in [-0.2, 0) is 7.05 Å². The van der Waals surface area contributed by atoms with Gasteiger partial charge in [-0.25, -0.2) is 4.79 Å². The molecule has 0 bridgehead atoms. The van der Waals surface area contributed by atoms with Gasteiger partial charge < -0.3 is 14.8 Å². The molecule has 0 saturated heterocycles. The van der Waals surface area contributed by atoms with E-state index in [-0.39, 0.29) is 22.6 Å². The number of amides is 1. The molecule has 2 N–H and O–H groups in total. The van der Waals surface area contributed by atoms with Crippen LogP contribution in [0, 0.1) is 0 Å². The summed E-state index contributed by atoms with van der Waals surface area (Å²) in [6, 6.07) is 6.34. The van der Waals surface area contributed by atoms with Crippen LogP contribution in [-0.4, -0.2) is 20.6 Å². The molecule has 0 saturated carbocycles. The molecule has 0 unspecified atom stereocenters. The molecule has 7 heteroatoms. The summed E-state index contributed by atoms with van der Waals surface area (Å²) in [6.07, 6.45) is 2.66. The Labute approximate surface area is 118 Å². The first kappa shape index (κ1) is 12.9. The quantitative estimate of drug-likeness (QED) is 0.743. The molecule has 0 atom stereocenters. The van der Waals surface area contributed by atoms with Crippen LogP contribution in [0.5, 0.6) is 5.75 Å². The average molecular weight is 285 g/mol. The molecule has 7 nitrogen and oxygen atoms in total. The van der Waals surface area contributed by atoms with Gasteiger partial charge in [-0.05, 0) is 18.2 Å². The minimum atomic E-state index is -0.544. The van der Waals surface area contributed by atoms with Crippen LogP contribution in [0.3, 0.4) is 0 Å². The number of aryl methyl sites for hydroxylation is 1. The van der Waals surface area contributed by atoms with E-state index in [1.54, 1.807) is 25.2 Å². The number of nitrogens with zero attached hydrogens (tertiary/aromatic N) is 2. The van der Waals surface area contributed by atoms with E-state index in [9.17, 15) is 14.7 Å². The average Bonchev–Trinajstić information content (AvgIpc) is 2.77. The van der Waals surface area contributed by atoms with Gasteiger partial charge in [-0.15, -0.1) is 0 Å². The van der Waals surface area contributed by atoms with Crippen LogP contribution in [0.15, 0.2) is 45.9 Å². The van der Waals surface area contributed by atoms with Crippen LogP contribution in [0.25, 0.3) is 11.1 Å². The van der Waals surface area contributed by atoms with Crippen molar-refractivity contribution in [3.8, 4) is 5.75 Å². The van der Waals surface area contributed by atoms with Gasteiger partial charge in [0.2, 0.25) is 0 Å². The highest BCUT2D eigenvalue weighted by atomic mass is 16.4. The second kappa shape index (κ2) is 4.78. The number of oxazole rings is 1. The monoisotopic (exact) mass is 285 g/mol. The summed E-state index contributed by atoms with van der Waals surface area (Å²) in [4.78, 5) is 27.6. The van der Waals surface area contributed by atoms with Gasteiger partial charge in [0, 0.05) is 13.2 Å². The largest absolute Gasteiger partial charge is 0.504 e. The van der Waals surface area contributed by atoms with Gasteiger partial charge in [-0.2, -0.15) is 0 Å². The maximum Gasteiger partial charge on any atom is 0.419 e. The van der Waals surface area contributed by atoms with E-state index in [1.807, 2.05) is 0 Å². The minimum Gasteiger partial charge on any atom is -0.504 e. The number of nitrogens with one attached hydrogen (secondary N) is 1. The van der Waals surface area contributed by atoms with Gasteiger partial charge in [0.25, 0.3) is 5.91 Å². The molecule has 0 aliphatic heterocycles. The summed E-state index contributed by atoms with van der Waals surface area (Å²) in [6.45, 7) is 0. The Kier molecular flexibility index (Phi) is 2.94. The lowest BCUT2D eigenvalue weighted by Crippen LogP contribution is -2.12. The lowest BCUT2D eigenvalue weighted by Gasteiger charge is -2.06. The lowest BCUT2D eigenvalue weighted by atomic mass is 10.1. The molecule has 0 aliphatic rings. The Morgan fingerprint density at radius 1 is 1.38 bits per heavy atom. The zero-order valence-electron chi connectivity index (χ0n) is 11.0. The molecule has 2 aromatic heterocycles. The standard InChI is InChI=1S/C14H11N3O4/c1-17-10-4-2-3-8(12(10)21-14(17)20)13(19)16-9-5-6-15-7-11(9)18/h2-7,18H,1H3,(H,15,16,19). The third kappa shape index (κ3) is 2.14. The topological polar surface area (TPSA) is 97.4 Å². The van der Waals surface area contributed by atoms with E-state index in [0.29, 0.717) is 5.52 Å². The Balaban J connectivity index is 2.05. The summed E-state index contributed by atoms with van der Waals surface area (Å²) in [7, 11) is 1.56. The van der Waals surface area contributed by atoms with Crippen molar-refractivity contribution < 1.29 is 14.3 Å². The van der Waals surface area contributed by atoms with Gasteiger partial charge in [0.1, 0.15) is 0 Å². The highest BCUT2D eigenvalue weighted by Gasteiger charge is 2.16. The summed E-state index contributed by atoms with van der Waals surface area (Å²) in [5.74, 6) is -1.18. The predicted octanol–water partition coefficient (Wildman–Crippen LogP) is 1.48. The third-order valence-electron chi connectivity index (χ3n) is 3.11. The number of benzene rings is 1. The molecular weight excluding hydrogens is 274 g/mol. The summed E-state index contributed by atoms with van der Waals surface area (Å²) in [5, 5.41) is 12.2. The van der Waals surface area contributed by atoms with Crippen LogP contribution in [0.4, 0.5) is 5.69 Å². The number of anilines is 1. The van der Waals surface area contributed by atoms with E-state index in [4.69, 9.17) is 4.42 Å². The number of aromatic hydroxyl groups is 1. The van der Waals surface area contributed by atoms with Crippen molar-refractivity contribution in [2.75, 3.05) is 5.32 Å². The predicted molar refractivity (Wildman–Crippen MR) is 75.3 cm³/mol. The number of carbonyl (C=O) groups excluding carboxylic acids is 1. The molecular formula is C14H11N3O4. The van der Waals surface area contributed by atoms with Crippen LogP contribution in [0.1, 0.15) is 10.4 Å². The SMILES string of the molecule is Cn1c(=O)oc2c(C(=O)Nc3ccncc3O)cccc21. The Morgan fingerprint density at radius 2 is 2.19 bits per heavy atom. The van der Waals surface area contributed by atoms with Crippen molar-refractivity contribution in [2.45, 2.75) is 0 Å². The first-order valence-electron chi connectivity index (χ1n) is 6.11. The van der Waals surface area contributed by atoms with Crippen LogP contribution < -0.4 is 11.1 Å². The molecule has 0 radical (unpaired) electrons. The van der Waals surface area contributed by atoms with E-state index in [0.717, 1.165) is 0 Å². The fourth-order valence-electron chi connectivity index (χ4n) is 2.01. The number of para-hydroxylation sites is 1. The van der Waals surface area contributed by atoms with Crippen LogP contribution >= 0.6 is 0 Å². The zero-order valence-corrected chi connectivity index (χ0v) is 11.0. The summed E-state index contributed by atoms with van der Waals surface area (Å²) in [5.41, 5.74) is 1.16. The number of pyridine rings is 1. The van der Waals surface area contributed by atoms with Crippen molar-refractivity contribution in [1.82, 2.24) is 9.55 Å². The molecule has 21 heavy (non-hydrogen) atoms. The van der Waals surface area contributed by atoms with Gasteiger partial charge in [0.15, 0.2) is 11.3 Å². The van der Waals surface area contributed by atoms with E-state index >= 15 is 0 Å². The fraction of sp³-hybridized carbons (Fsp3) is 0.0714. The number of carbonyl (C=O) groups is 1. The van der Waals surface area contributed by atoms with Gasteiger partial charge in [-0.3, -0.25) is 14.3 Å². The van der Waals surface area contributed by atoms with Crippen LogP contribution in [0.2, 0.25) is 0 Å². The van der Waals surface area contributed by atoms with E-state index < -0.39 is 11.7 Å². The lowest BCUT2D eigenvalue weighted by molar-refractivity contribution is 0.102. The summed E-state index contributed by atoms with van der Waals surface area (Å²) < 4.78 is 6.41. The van der Waals surface area contributed by atoms with E-state index in [2.05, 4.69) is 10.3 Å². The maximum absolute atomic E-state index is 12.3. The van der Waals surface area contributed by atoms with Crippen molar-refractivity contribution in [3.63, 3.8) is 0 Å². The Hall–Kier alpha value is -3.09. The second-order valence-corrected chi connectivity index (χ2v) is 4.43. The van der Waals surface area contributed by atoms with Crippen molar-refractivity contribution in [2.24, 2.45) is 7.05 Å². The van der Waals surface area contributed by atoms with Gasteiger partial charge in [0.05, 0.1) is 23.0 Å². The highest BCUT2D eigenvalue weighted by Crippen LogP contribution is 2.23. The number of hydrogen-bond acceptors (Lipinski definition) is 5. The number of aromatic nitrogens is 2. The van der Waals surface area contributed by atoms with Gasteiger partial charge in [-0.1, -0.05) is 6.07 Å². The number of hydrogen-bond donors (Lipinski definition) is 2. The van der Waals surface area contributed by atoms with Crippen molar-refractivity contribution in [1.29, 1.82) is 0 Å². The first-order valence-corrected chi connectivity index (χ1v) is 6.11. The molecule has 1 amide bonds. The molecule has 1 aromatic carbocycles. The molecule has 3 rings (SSSR count). The molecule has 106 valence electrons. The third-order valence-corrected chi connectivity index (χ3v) is 3.11. The highest BCUT2D eigenvalue weighted by molar-refractivity contribution is 6.11. The smallest absolute Gasteiger partial charge is 0.419 e. The maximum atomic E-state index is 12.3. The zero-order chi connectivity index (χ0) is 15.0. The molecule has 2 heterocycles. The number of fused-ring (bicyclic) bond motifs is 1. The van der Waals surface area contributed by atoms with Crippen molar-refractivity contribution in [3.05, 3.63) is 52.8 Å². The second-order valence-electron chi connectivity index (χ2n) is 4.43. The normalized spacial score (nSPS) is 10.7. The minimum absolute atomic E-state index is 0.146. The Morgan fingerprint density at radius 3 is 2.95 bits per heavy atom. The van der Waals surface area contributed by atoms with Crippen molar-refractivity contribution >= 4 is 22.7 Å². The van der Waals surface area contributed by atoms with E-state index in [1.165, 1.54) is 23.0 Å².